The first-order valence-electron chi connectivity index (χ1n) is 12.4. The Hall–Kier alpha value is -4.10. The van der Waals surface area contributed by atoms with E-state index in [9.17, 15) is 9.59 Å². The lowest BCUT2D eigenvalue weighted by Gasteiger charge is -2.13. The van der Waals surface area contributed by atoms with Crippen molar-refractivity contribution in [2.75, 3.05) is 0 Å². The van der Waals surface area contributed by atoms with Gasteiger partial charge in [0.1, 0.15) is 0 Å². The van der Waals surface area contributed by atoms with Crippen LogP contribution in [0.3, 0.4) is 0 Å². The summed E-state index contributed by atoms with van der Waals surface area (Å²) in [6, 6.07) is 19.4. The van der Waals surface area contributed by atoms with Crippen LogP contribution in [-0.2, 0) is 26.2 Å². The maximum Gasteiger partial charge on any atom is 0.412 e. The van der Waals surface area contributed by atoms with E-state index in [0.29, 0.717) is 31.9 Å². The molecule has 0 unspecified atom stereocenters. The predicted molar refractivity (Wildman–Crippen MR) is 146 cm³/mol. The van der Waals surface area contributed by atoms with Crippen LogP contribution >= 0.6 is 0 Å². The van der Waals surface area contributed by atoms with Crippen LogP contribution in [-0.4, -0.2) is 15.2 Å². The van der Waals surface area contributed by atoms with Crippen LogP contribution in [0.1, 0.15) is 44.8 Å². The van der Waals surface area contributed by atoms with Gasteiger partial charge in [0.25, 0.3) is 5.56 Å². The van der Waals surface area contributed by atoms with E-state index in [1.807, 2.05) is 52.0 Å². The normalized spacial score (nSPS) is 10.9. The molecular weight excluding hydrogens is 464 g/mol. The monoisotopic (exact) mass is 498 g/mol. The van der Waals surface area contributed by atoms with Crippen LogP contribution in [0.4, 0.5) is 4.79 Å². The summed E-state index contributed by atoms with van der Waals surface area (Å²) in [5, 5.41) is 2.88. The van der Waals surface area contributed by atoms with E-state index in [1.54, 1.807) is 22.9 Å². The van der Waals surface area contributed by atoms with Crippen molar-refractivity contribution in [1.82, 2.24) is 14.5 Å². The number of nitrogens with zero attached hydrogens (tertiary/aromatic N) is 2. The van der Waals surface area contributed by atoms with Crippen molar-refractivity contribution in [1.29, 1.82) is 0 Å². The highest BCUT2D eigenvalue weighted by atomic mass is 16.6. The number of ether oxygens (including phenoxy) is 1. The molecule has 37 heavy (non-hydrogen) atoms. The van der Waals surface area contributed by atoms with E-state index in [-0.39, 0.29) is 5.56 Å². The number of carbonyl (C=O) groups is 1. The molecular formula is C30H34N4O3. The molecule has 0 radical (unpaired) electrons. The maximum absolute atomic E-state index is 12.6. The molecule has 2 heterocycles. The number of benzene rings is 2. The average Bonchev–Trinajstić information content (AvgIpc) is 3.13. The molecule has 7 heteroatoms. The highest BCUT2D eigenvalue weighted by molar-refractivity contribution is 5.71. The van der Waals surface area contributed by atoms with Gasteiger partial charge in [0.2, 0.25) is 0 Å². The highest BCUT2D eigenvalue weighted by Crippen LogP contribution is 2.24. The van der Waals surface area contributed by atoms with Gasteiger partial charge < -0.3 is 24.9 Å². The van der Waals surface area contributed by atoms with E-state index >= 15 is 0 Å². The zero-order valence-corrected chi connectivity index (χ0v) is 21.9. The second kappa shape index (κ2) is 11.3. The van der Waals surface area contributed by atoms with Crippen molar-refractivity contribution < 1.29 is 9.53 Å². The van der Waals surface area contributed by atoms with Crippen LogP contribution in [0.25, 0.3) is 0 Å². The molecule has 0 fully saturated rings. The van der Waals surface area contributed by atoms with Crippen LogP contribution in [0, 0.1) is 27.7 Å². The molecule has 192 valence electrons. The van der Waals surface area contributed by atoms with Gasteiger partial charge in [-0.3, -0.25) is 4.79 Å². The van der Waals surface area contributed by atoms with E-state index in [1.165, 1.54) is 0 Å². The van der Waals surface area contributed by atoms with E-state index in [2.05, 4.69) is 34.1 Å². The molecule has 0 saturated heterocycles. The van der Waals surface area contributed by atoms with Gasteiger partial charge in [-0.05, 0) is 67.1 Å². The van der Waals surface area contributed by atoms with Crippen molar-refractivity contribution in [2.24, 2.45) is 5.73 Å². The number of carbonyl (C=O) groups excluding carboxylic acids is 1. The molecule has 4 aromatic rings. The van der Waals surface area contributed by atoms with Gasteiger partial charge in [0.05, 0.1) is 12.2 Å². The summed E-state index contributed by atoms with van der Waals surface area (Å²) in [4.78, 5) is 24.6. The topological polar surface area (TPSA) is 91.3 Å². The number of aromatic nitrogens is 2. The first-order valence-corrected chi connectivity index (χ1v) is 12.4. The molecule has 1 amide bonds. The third-order valence-corrected chi connectivity index (χ3v) is 6.75. The largest absolute Gasteiger partial charge is 0.412 e. The molecule has 0 aliphatic heterocycles. The molecule has 0 bridgehead atoms. The Balaban J connectivity index is 1.39. The third kappa shape index (κ3) is 6.19. The lowest BCUT2D eigenvalue weighted by atomic mass is 9.99. The number of nitrogens with two attached hydrogens (primary N) is 1. The standard InChI is InChI=1S/C30H34N4O3/c1-20-13-26(16-31)14-21(2)27(20)17-32-30(36)37-28-15-22(3)34(23(28)4)19-25-10-8-24(9-11-25)18-33-12-6-5-7-29(33)35/h5-15H,16-19,31H2,1-4H3,(H,32,36). The lowest BCUT2D eigenvalue weighted by Crippen LogP contribution is -2.27. The Labute approximate surface area is 217 Å². The van der Waals surface area contributed by atoms with Gasteiger partial charge in [-0.25, -0.2) is 4.79 Å². The van der Waals surface area contributed by atoms with Gasteiger partial charge in [-0.2, -0.15) is 0 Å². The highest BCUT2D eigenvalue weighted by Gasteiger charge is 2.15. The molecule has 0 saturated carbocycles. The number of hydrogen-bond donors (Lipinski definition) is 2. The summed E-state index contributed by atoms with van der Waals surface area (Å²) in [5.74, 6) is 0.544. The Morgan fingerprint density at radius 2 is 1.54 bits per heavy atom. The van der Waals surface area contributed by atoms with Gasteiger partial charge >= 0.3 is 6.09 Å². The quantitative estimate of drug-likeness (QED) is 0.368. The smallest absolute Gasteiger partial charge is 0.408 e. The fraction of sp³-hybridized carbons (Fsp3) is 0.267. The number of pyridine rings is 1. The average molecular weight is 499 g/mol. The van der Waals surface area contributed by atoms with Crippen molar-refractivity contribution in [3.63, 3.8) is 0 Å². The lowest BCUT2D eigenvalue weighted by molar-refractivity contribution is 0.199. The molecule has 2 aromatic heterocycles. The van der Waals surface area contributed by atoms with Gasteiger partial charge in [0.15, 0.2) is 5.75 Å². The van der Waals surface area contributed by atoms with Crippen molar-refractivity contribution in [3.8, 4) is 5.75 Å². The fourth-order valence-corrected chi connectivity index (χ4v) is 4.61. The van der Waals surface area contributed by atoms with E-state index < -0.39 is 6.09 Å². The molecule has 4 rings (SSSR count). The zero-order chi connectivity index (χ0) is 26.5. The van der Waals surface area contributed by atoms with E-state index in [4.69, 9.17) is 10.5 Å². The molecule has 0 spiro atoms. The Kier molecular flexibility index (Phi) is 7.94. The molecule has 0 aliphatic rings. The SMILES string of the molecule is Cc1cc(CN)cc(C)c1CNC(=O)Oc1cc(C)n(Cc2ccc(Cn3ccccc3=O)cc2)c1C. The fourth-order valence-electron chi connectivity index (χ4n) is 4.61. The minimum absolute atomic E-state index is 0.0171. The third-order valence-electron chi connectivity index (χ3n) is 6.75. The zero-order valence-electron chi connectivity index (χ0n) is 21.9. The van der Waals surface area contributed by atoms with Crippen LogP contribution < -0.4 is 21.3 Å². The number of aryl methyl sites for hydroxylation is 3. The van der Waals surface area contributed by atoms with Crippen LogP contribution in [0.2, 0.25) is 0 Å². The van der Waals surface area contributed by atoms with E-state index in [0.717, 1.165) is 44.8 Å². The summed E-state index contributed by atoms with van der Waals surface area (Å²) in [5.41, 5.74) is 14.1. The first kappa shape index (κ1) is 26.0. The summed E-state index contributed by atoms with van der Waals surface area (Å²) < 4.78 is 9.47. The summed E-state index contributed by atoms with van der Waals surface area (Å²) in [6.45, 7) is 10.1. The van der Waals surface area contributed by atoms with Gasteiger partial charge in [-0.15, -0.1) is 0 Å². The molecule has 0 atom stereocenters. The number of amides is 1. The van der Waals surface area contributed by atoms with Crippen LogP contribution in [0.5, 0.6) is 5.75 Å². The predicted octanol–water partition coefficient (Wildman–Crippen LogP) is 4.73. The van der Waals surface area contributed by atoms with Crippen molar-refractivity contribution in [3.05, 3.63) is 122 Å². The van der Waals surface area contributed by atoms with Gasteiger partial charge in [0, 0.05) is 43.7 Å². The maximum atomic E-state index is 12.6. The Morgan fingerprint density at radius 1 is 0.892 bits per heavy atom. The molecule has 0 aliphatic carbocycles. The first-order chi connectivity index (χ1) is 17.7. The minimum atomic E-state index is -0.484. The molecule has 3 N–H and O–H groups in total. The Morgan fingerprint density at radius 3 is 2.16 bits per heavy atom. The Bertz CT molecular complexity index is 1440. The van der Waals surface area contributed by atoms with Gasteiger partial charge in [-0.1, -0.05) is 42.5 Å². The molecule has 7 nitrogen and oxygen atoms in total. The van der Waals surface area contributed by atoms with Crippen molar-refractivity contribution >= 4 is 6.09 Å². The number of hydrogen-bond acceptors (Lipinski definition) is 4. The second-order valence-electron chi connectivity index (χ2n) is 9.46. The second-order valence-corrected chi connectivity index (χ2v) is 9.46. The number of rotatable bonds is 8. The van der Waals surface area contributed by atoms with Crippen molar-refractivity contribution in [2.45, 2.75) is 53.9 Å². The van der Waals surface area contributed by atoms with Crippen LogP contribution in [0.15, 0.2) is 71.7 Å². The summed E-state index contributed by atoms with van der Waals surface area (Å²) in [6.07, 6.45) is 1.31. The summed E-state index contributed by atoms with van der Waals surface area (Å²) in [7, 11) is 0. The molecule has 2 aromatic carbocycles. The summed E-state index contributed by atoms with van der Waals surface area (Å²) >= 11 is 0. The minimum Gasteiger partial charge on any atom is -0.408 e. The number of nitrogens with one attached hydrogen (secondary N) is 1.